The topological polar surface area (TPSA) is 29.3 Å². The summed E-state index contributed by atoms with van der Waals surface area (Å²) in [6.45, 7) is 8.28. The first-order valence-electron chi connectivity index (χ1n) is 6.35. The second kappa shape index (κ2) is 6.87. The van der Waals surface area contributed by atoms with Crippen molar-refractivity contribution in [2.24, 2.45) is 5.73 Å². The predicted molar refractivity (Wildman–Crippen MR) is 77.0 cm³/mol. The molecule has 0 spiro atoms. The lowest BCUT2D eigenvalue weighted by molar-refractivity contribution is 0.671. The summed E-state index contributed by atoms with van der Waals surface area (Å²) >= 11 is 6.36. The van der Waals surface area contributed by atoms with Gasteiger partial charge in [0.15, 0.2) is 0 Å². The molecular formula is C14H23ClN2. The maximum atomic E-state index is 6.36. The molecule has 2 nitrogen and oxygen atoms in total. The molecule has 0 aliphatic rings. The van der Waals surface area contributed by atoms with Gasteiger partial charge in [-0.1, -0.05) is 24.6 Å². The summed E-state index contributed by atoms with van der Waals surface area (Å²) in [6.07, 6.45) is 2.01. The molecule has 0 radical (unpaired) electrons. The Hall–Kier alpha value is -0.730. The van der Waals surface area contributed by atoms with Crippen molar-refractivity contribution in [3.63, 3.8) is 0 Å². The van der Waals surface area contributed by atoms with Crippen molar-refractivity contribution in [1.29, 1.82) is 0 Å². The van der Waals surface area contributed by atoms with E-state index in [9.17, 15) is 0 Å². The first-order chi connectivity index (χ1) is 8.10. The summed E-state index contributed by atoms with van der Waals surface area (Å²) in [5, 5.41) is 0.832. The summed E-state index contributed by atoms with van der Waals surface area (Å²) in [4.78, 5) is 2.34. The molecule has 0 aliphatic heterocycles. The van der Waals surface area contributed by atoms with E-state index >= 15 is 0 Å². The molecule has 0 aliphatic carbocycles. The van der Waals surface area contributed by atoms with Crippen LogP contribution in [0.25, 0.3) is 0 Å². The zero-order chi connectivity index (χ0) is 12.8. The van der Waals surface area contributed by atoms with Crippen LogP contribution in [0.3, 0.4) is 0 Å². The Labute approximate surface area is 110 Å². The largest absolute Gasteiger partial charge is 0.368 e. The standard InChI is InChI=1S/C14H23ClN2/c1-4-9-17(11(2)3)14-6-5-12(7-8-16)10-13(14)15/h5-6,10-11H,4,7-9,16H2,1-3H3. The number of rotatable bonds is 6. The van der Waals surface area contributed by atoms with Gasteiger partial charge in [0.05, 0.1) is 10.7 Å². The SMILES string of the molecule is CCCN(c1ccc(CCN)cc1Cl)C(C)C. The van der Waals surface area contributed by atoms with Gasteiger partial charge in [-0.25, -0.2) is 0 Å². The molecule has 1 aromatic rings. The fourth-order valence-corrected chi connectivity index (χ4v) is 2.31. The van der Waals surface area contributed by atoms with Crippen LogP contribution < -0.4 is 10.6 Å². The third-order valence-electron chi connectivity index (χ3n) is 2.84. The lowest BCUT2D eigenvalue weighted by Crippen LogP contribution is -2.31. The third-order valence-corrected chi connectivity index (χ3v) is 3.15. The molecule has 0 fully saturated rings. The number of hydrogen-bond acceptors (Lipinski definition) is 2. The minimum absolute atomic E-state index is 0.466. The highest BCUT2D eigenvalue weighted by Crippen LogP contribution is 2.28. The van der Waals surface area contributed by atoms with E-state index < -0.39 is 0 Å². The van der Waals surface area contributed by atoms with Crippen molar-refractivity contribution in [2.45, 2.75) is 39.7 Å². The maximum absolute atomic E-state index is 6.36. The molecule has 1 rings (SSSR count). The van der Waals surface area contributed by atoms with Gasteiger partial charge in [0, 0.05) is 12.6 Å². The Bertz CT molecular complexity index is 350. The Morgan fingerprint density at radius 3 is 2.53 bits per heavy atom. The van der Waals surface area contributed by atoms with E-state index in [-0.39, 0.29) is 0 Å². The van der Waals surface area contributed by atoms with Gasteiger partial charge < -0.3 is 10.6 Å². The van der Waals surface area contributed by atoms with Crippen molar-refractivity contribution >= 4 is 17.3 Å². The van der Waals surface area contributed by atoms with Crippen LogP contribution >= 0.6 is 11.6 Å². The predicted octanol–water partition coefficient (Wildman–Crippen LogP) is 3.47. The van der Waals surface area contributed by atoms with Gasteiger partial charge in [0.25, 0.3) is 0 Å². The van der Waals surface area contributed by atoms with Crippen molar-refractivity contribution in [1.82, 2.24) is 0 Å². The molecule has 17 heavy (non-hydrogen) atoms. The van der Waals surface area contributed by atoms with Crippen LogP contribution in [0.4, 0.5) is 5.69 Å². The van der Waals surface area contributed by atoms with E-state index in [1.165, 1.54) is 5.56 Å². The lowest BCUT2D eigenvalue weighted by Gasteiger charge is -2.29. The van der Waals surface area contributed by atoms with Crippen molar-refractivity contribution in [3.8, 4) is 0 Å². The third kappa shape index (κ3) is 3.90. The summed E-state index contributed by atoms with van der Waals surface area (Å²) in [5.74, 6) is 0. The van der Waals surface area contributed by atoms with Crippen LogP contribution in [0, 0.1) is 0 Å². The summed E-state index contributed by atoms with van der Waals surface area (Å²) in [7, 11) is 0. The molecule has 0 bridgehead atoms. The number of anilines is 1. The molecule has 0 amide bonds. The Morgan fingerprint density at radius 1 is 1.35 bits per heavy atom. The number of nitrogens with zero attached hydrogens (tertiary/aromatic N) is 1. The maximum Gasteiger partial charge on any atom is 0.0642 e. The molecule has 0 aromatic heterocycles. The summed E-state index contributed by atoms with van der Waals surface area (Å²) in [5.41, 5.74) is 7.89. The minimum Gasteiger partial charge on any atom is -0.368 e. The number of hydrogen-bond donors (Lipinski definition) is 1. The minimum atomic E-state index is 0.466. The lowest BCUT2D eigenvalue weighted by atomic mass is 10.1. The first-order valence-corrected chi connectivity index (χ1v) is 6.73. The van der Waals surface area contributed by atoms with Crippen molar-refractivity contribution in [2.75, 3.05) is 18.0 Å². The van der Waals surface area contributed by atoms with Crippen LogP contribution in [-0.4, -0.2) is 19.1 Å². The molecule has 3 heteroatoms. The van der Waals surface area contributed by atoms with Gasteiger partial charge in [-0.2, -0.15) is 0 Å². The highest BCUT2D eigenvalue weighted by atomic mass is 35.5. The molecular weight excluding hydrogens is 232 g/mol. The molecule has 0 atom stereocenters. The van der Waals surface area contributed by atoms with Crippen LogP contribution in [0.1, 0.15) is 32.8 Å². The smallest absolute Gasteiger partial charge is 0.0642 e. The number of halogens is 1. The van der Waals surface area contributed by atoms with Crippen LogP contribution in [0.15, 0.2) is 18.2 Å². The molecule has 0 saturated heterocycles. The highest BCUT2D eigenvalue weighted by Gasteiger charge is 2.13. The first kappa shape index (κ1) is 14.3. The Morgan fingerprint density at radius 2 is 2.06 bits per heavy atom. The molecule has 0 saturated carbocycles. The fourth-order valence-electron chi connectivity index (χ4n) is 2.00. The summed E-state index contributed by atoms with van der Waals surface area (Å²) in [6, 6.07) is 6.74. The second-order valence-electron chi connectivity index (χ2n) is 4.61. The Balaban J connectivity index is 2.95. The van der Waals surface area contributed by atoms with Crippen molar-refractivity contribution in [3.05, 3.63) is 28.8 Å². The van der Waals surface area contributed by atoms with Gasteiger partial charge in [-0.3, -0.25) is 0 Å². The van der Waals surface area contributed by atoms with Crippen molar-refractivity contribution < 1.29 is 0 Å². The van der Waals surface area contributed by atoms with E-state index in [2.05, 4.69) is 37.8 Å². The molecule has 96 valence electrons. The average molecular weight is 255 g/mol. The molecule has 0 unspecified atom stereocenters. The monoisotopic (exact) mass is 254 g/mol. The quantitative estimate of drug-likeness (QED) is 0.842. The van der Waals surface area contributed by atoms with E-state index in [4.69, 9.17) is 17.3 Å². The van der Waals surface area contributed by atoms with E-state index in [0.717, 1.165) is 30.1 Å². The second-order valence-corrected chi connectivity index (χ2v) is 5.02. The van der Waals surface area contributed by atoms with E-state index in [1.54, 1.807) is 0 Å². The fraction of sp³-hybridized carbons (Fsp3) is 0.571. The van der Waals surface area contributed by atoms with Crippen LogP contribution in [0.2, 0.25) is 5.02 Å². The summed E-state index contributed by atoms with van der Waals surface area (Å²) < 4.78 is 0. The zero-order valence-electron chi connectivity index (χ0n) is 11.0. The molecule has 1 aromatic carbocycles. The van der Waals surface area contributed by atoms with Gasteiger partial charge in [-0.15, -0.1) is 0 Å². The molecule has 2 N–H and O–H groups in total. The van der Waals surface area contributed by atoms with E-state index in [0.29, 0.717) is 12.6 Å². The van der Waals surface area contributed by atoms with Crippen LogP contribution in [-0.2, 0) is 6.42 Å². The average Bonchev–Trinajstić information content (AvgIpc) is 2.27. The highest BCUT2D eigenvalue weighted by molar-refractivity contribution is 6.33. The normalized spacial score (nSPS) is 10.9. The number of nitrogens with two attached hydrogens (primary N) is 1. The van der Waals surface area contributed by atoms with Gasteiger partial charge in [0.2, 0.25) is 0 Å². The molecule has 0 heterocycles. The van der Waals surface area contributed by atoms with Crippen LogP contribution in [0.5, 0.6) is 0 Å². The van der Waals surface area contributed by atoms with Gasteiger partial charge in [0.1, 0.15) is 0 Å². The van der Waals surface area contributed by atoms with Gasteiger partial charge in [-0.05, 0) is 50.9 Å². The Kier molecular flexibility index (Phi) is 5.79. The zero-order valence-corrected chi connectivity index (χ0v) is 11.8. The van der Waals surface area contributed by atoms with Gasteiger partial charge >= 0.3 is 0 Å². The number of benzene rings is 1. The van der Waals surface area contributed by atoms with E-state index in [1.807, 2.05) is 6.07 Å².